The maximum absolute atomic E-state index is 15.0. The molecule has 46 heavy (non-hydrogen) atoms. The molecule has 0 saturated carbocycles. The predicted octanol–water partition coefficient (Wildman–Crippen LogP) is 7.07. The van der Waals surface area contributed by atoms with E-state index in [9.17, 15) is 13.2 Å². The SMILES string of the molecule is CCCS(=O)(=O)Cc1c(F)ccc2c(Oc3ncccc3-c3ccnc(N[C@H]4CCCN(C(=O)OC(C)(C)C)C4)n3)c(C)ccc12. The topological polar surface area (TPSA) is 124 Å². The number of nitrogens with one attached hydrogen (secondary N) is 1. The van der Waals surface area contributed by atoms with Crippen LogP contribution >= 0.6 is 0 Å². The van der Waals surface area contributed by atoms with Gasteiger partial charge in [0.15, 0.2) is 9.84 Å². The summed E-state index contributed by atoms with van der Waals surface area (Å²) < 4.78 is 52.3. The number of pyridine rings is 1. The van der Waals surface area contributed by atoms with Crippen molar-refractivity contribution in [3.8, 4) is 22.9 Å². The highest BCUT2D eigenvalue weighted by atomic mass is 32.2. The molecular formula is C34H40FN5O5S. The Labute approximate surface area is 269 Å². The van der Waals surface area contributed by atoms with Crippen LogP contribution in [0.4, 0.5) is 15.1 Å². The second kappa shape index (κ2) is 13.6. The highest BCUT2D eigenvalue weighted by Crippen LogP contribution is 2.38. The second-order valence-corrected chi connectivity index (χ2v) is 14.7. The lowest BCUT2D eigenvalue weighted by molar-refractivity contribution is 0.0206. The minimum Gasteiger partial charge on any atom is -0.444 e. The molecule has 2 aromatic heterocycles. The maximum Gasteiger partial charge on any atom is 0.410 e. The van der Waals surface area contributed by atoms with Crippen molar-refractivity contribution < 1.29 is 27.1 Å². The van der Waals surface area contributed by atoms with Crippen LogP contribution in [0.3, 0.4) is 0 Å². The molecule has 0 bridgehead atoms. The second-order valence-electron chi connectivity index (χ2n) is 12.6. The highest BCUT2D eigenvalue weighted by molar-refractivity contribution is 7.90. The number of ether oxygens (including phenoxy) is 2. The van der Waals surface area contributed by atoms with E-state index >= 15 is 4.39 Å². The summed E-state index contributed by atoms with van der Waals surface area (Å²) in [6, 6.07) is 11.7. The summed E-state index contributed by atoms with van der Waals surface area (Å²) in [5, 5.41) is 4.41. The zero-order valence-corrected chi connectivity index (χ0v) is 27.7. The Morgan fingerprint density at radius 1 is 1.09 bits per heavy atom. The van der Waals surface area contributed by atoms with Crippen LogP contribution in [-0.4, -0.2) is 64.8 Å². The van der Waals surface area contributed by atoms with Crippen molar-refractivity contribution >= 4 is 32.7 Å². The molecule has 0 radical (unpaired) electrons. The molecule has 1 atom stereocenters. The van der Waals surface area contributed by atoms with Crippen LogP contribution in [0, 0.1) is 12.7 Å². The van der Waals surface area contributed by atoms with Crippen LogP contribution in [0.1, 0.15) is 58.1 Å². The molecule has 1 N–H and O–H groups in total. The van der Waals surface area contributed by atoms with E-state index in [1.807, 2.05) is 33.8 Å². The van der Waals surface area contributed by atoms with E-state index in [0.29, 0.717) is 53.2 Å². The molecular weight excluding hydrogens is 609 g/mol. The van der Waals surface area contributed by atoms with Crippen molar-refractivity contribution in [2.45, 2.75) is 71.3 Å². The van der Waals surface area contributed by atoms with Gasteiger partial charge in [-0.05, 0) is 88.2 Å². The van der Waals surface area contributed by atoms with Gasteiger partial charge in [0, 0.05) is 42.5 Å². The Kier molecular flexibility index (Phi) is 9.76. The average molecular weight is 650 g/mol. The summed E-state index contributed by atoms with van der Waals surface area (Å²) in [5.74, 6) is 0.138. The maximum atomic E-state index is 15.0. The number of likely N-dealkylation sites (tertiary alicyclic amines) is 1. The fourth-order valence-corrected chi connectivity index (χ4v) is 7.02. The fraction of sp³-hybridized carbons (Fsp3) is 0.412. The number of carbonyl (C=O) groups excluding carboxylic acids is 1. The van der Waals surface area contributed by atoms with Gasteiger partial charge < -0.3 is 19.7 Å². The molecule has 2 aromatic carbocycles. The Balaban J connectivity index is 1.41. The van der Waals surface area contributed by atoms with Crippen molar-refractivity contribution in [2.75, 3.05) is 24.2 Å². The standard InChI is InChI=1S/C34H40FN5O5S/c1-6-19-46(42,43)21-27-24-12-11-22(2)30(25(24)13-14-28(27)35)44-31-26(10-7-16-36-31)29-15-17-37-32(39-29)38-23-9-8-18-40(20-23)33(41)45-34(3,4)5/h7,10-17,23H,6,8-9,18-21H2,1-5H3,(H,37,38,39)/t23-/m0/s1. The number of sulfone groups is 1. The molecule has 4 aromatic rings. The summed E-state index contributed by atoms with van der Waals surface area (Å²) in [5.41, 5.74) is 1.50. The summed E-state index contributed by atoms with van der Waals surface area (Å²) in [7, 11) is -3.49. The van der Waals surface area contributed by atoms with E-state index in [0.717, 1.165) is 18.4 Å². The minimum atomic E-state index is -3.49. The Bertz CT molecular complexity index is 1840. The van der Waals surface area contributed by atoms with Crippen molar-refractivity contribution in [3.05, 3.63) is 71.8 Å². The van der Waals surface area contributed by atoms with Crippen LogP contribution in [0.5, 0.6) is 11.6 Å². The number of amides is 1. The van der Waals surface area contributed by atoms with Crippen LogP contribution in [-0.2, 0) is 20.3 Å². The molecule has 0 spiro atoms. The third-order valence-electron chi connectivity index (χ3n) is 7.59. The summed E-state index contributed by atoms with van der Waals surface area (Å²) in [6.45, 7) is 10.3. The molecule has 1 aliphatic rings. The van der Waals surface area contributed by atoms with E-state index in [-0.39, 0.29) is 29.3 Å². The average Bonchev–Trinajstić information content (AvgIpc) is 2.99. The minimum absolute atomic E-state index is 0.0200. The van der Waals surface area contributed by atoms with E-state index in [2.05, 4.69) is 15.3 Å². The molecule has 12 heteroatoms. The van der Waals surface area contributed by atoms with Gasteiger partial charge in [-0.25, -0.2) is 32.6 Å². The molecule has 10 nitrogen and oxygen atoms in total. The molecule has 1 amide bonds. The Hall–Kier alpha value is -4.32. The van der Waals surface area contributed by atoms with Crippen molar-refractivity contribution in [1.29, 1.82) is 0 Å². The third kappa shape index (κ3) is 7.90. The van der Waals surface area contributed by atoms with E-state index in [1.54, 1.807) is 54.5 Å². The molecule has 1 saturated heterocycles. The number of hydrogen-bond donors (Lipinski definition) is 1. The molecule has 244 valence electrons. The van der Waals surface area contributed by atoms with E-state index < -0.39 is 27.0 Å². The van der Waals surface area contributed by atoms with Crippen molar-refractivity contribution in [3.63, 3.8) is 0 Å². The van der Waals surface area contributed by atoms with Crippen LogP contribution in [0.15, 0.2) is 54.9 Å². The van der Waals surface area contributed by atoms with Gasteiger partial charge in [-0.15, -0.1) is 0 Å². The number of rotatable bonds is 9. The van der Waals surface area contributed by atoms with E-state index in [4.69, 9.17) is 14.5 Å². The Morgan fingerprint density at radius 3 is 2.63 bits per heavy atom. The first kappa shape index (κ1) is 33.1. The largest absolute Gasteiger partial charge is 0.444 e. The number of carbonyl (C=O) groups is 1. The van der Waals surface area contributed by atoms with Gasteiger partial charge in [-0.1, -0.05) is 19.1 Å². The number of hydrogen-bond acceptors (Lipinski definition) is 9. The van der Waals surface area contributed by atoms with Crippen LogP contribution in [0.25, 0.3) is 22.0 Å². The van der Waals surface area contributed by atoms with Crippen LogP contribution < -0.4 is 10.1 Å². The first-order chi connectivity index (χ1) is 21.8. The first-order valence-corrected chi connectivity index (χ1v) is 17.3. The molecule has 0 unspecified atom stereocenters. The monoisotopic (exact) mass is 649 g/mol. The number of aryl methyl sites for hydroxylation is 1. The molecule has 1 fully saturated rings. The van der Waals surface area contributed by atoms with Gasteiger partial charge in [-0.3, -0.25) is 0 Å². The smallest absolute Gasteiger partial charge is 0.410 e. The number of aromatic nitrogens is 3. The zero-order valence-electron chi connectivity index (χ0n) is 26.8. The van der Waals surface area contributed by atoms with Gasteiger partial charge in [0.05, 0.1) is 22.8 Å². The quantitative estimate of drug-likeness (QED) is 0.203. The van der Waals surface area contributed by atoms with Gasteiger partial charge in [-0.2, -0.15) is 0 Å². The number of fused-ring (bicyclic) bond motifs is 1. The number of halogens is 1. The van der Waals surface area contributed by atoms with E-state index in [1.165, 1.54) is 6.07 Å². The van der Waals surface area contributed by atoms with Crippen molar-refractivity contribution in [1.82, 2.24) is 19.9 Å². The summed E-state index contributed by atoms with van der Waals surface area (Å²) >= 11 is 0. The van der Waals surface area contributed by atoms with Crippen LogP contribution in [0.2, 0.25) is 0 Å². The lowest BCUT2D eigenvalue weighted by Gasteiger charge is -2.34. The highest BCUT2D eigenvalue weighted by Gasteiger charge is 2.28. The molecule has 0 aliphatic carbocycles. The fourth-order valence-electron chi connectivity index (χ4n) is 5.52. The lowest BCUT2D eigenvalue weighted by atomic mass is 10.0. The normalized spacial score (nSPS) is 15.5. The third-order valence-corrected chi connectivity index (χ3v) is 9.35. The van der Waals surface area contributed by atoms with Gasteiger partial charge in [0.2, 0.25) is 11.8 Å². The summed E-state index contributed by atoms with van der Waals surface area (Å²) in [6.07, 6.45) is 5.03. The van der Waals surface area contributed by atoms with Crippen molar-refractivity contribution in [2.24, 2.45) is 0 Å². The number of piperidine rings is 1. The first-order valence-electron chi connectivity index (χ1n) is 15.5. The molecule has 3 heterocycles. The van der Waals surface area contributed by atoms with Gasteiger partial charge in [0.1, 0.15) is 17.2 Å². The molecule has 5 rings (SSSR count). The summed E-state index contributed by atoms with van der Waals surface area (Å²) in [4.78, 5) is 28.0. The van der Waals surface area contributed by atoms with Gasteiger partial charge >= 0.3 is 6.09 Å². The number of benzene rings is 2. The predicted molar refractivity (Wildman–Crippen MR) is 176 cm³/mol. The molecule has 1 aliphatic heterocycles. The van der Waals surface area contributed by atoms with Gasteiger partial charge in [0.25, 0.3) is 0 Å². The number of anilines is 1. The lowest BCUT2D eigenvalue weighted by Crippen LogP contribution is -2.47. The number of nitrogens with zero attached hydrogens (tertiary/aromatic N) is 4. The zero-order chi connectivity index (χ0) is 33.1. The Morgan fingerprint density at radius 2 is 1.87 bits per heavy atom.